The number of hydrogen-bond acceptors (Lipinski definition) is 2. The second-order valence-corrected chi connectivity index (χ2v) is 6.52. The summed E-state index contributed by atoms with van der Waals surface area (Å²) in [6.45, 7) is 5.69. The van der Waals surface area contributed by atoms with Gasteiger partial charge in [0.2, 0.25) is 5.91 Å². The molecular weight excluding hydrogens is 295 g/mol. The fourth-order valence-electron chi connectivity index (χ4n) is 2.49. The Morgan fingerprint density at radius 2 is 2.15 bits per heavy atom. The van der Waals surface area contributed by atoms with Crippen LogP contribution in [0.25, 0.3) is 0 Å². The molecule has 1 aromatic carbocycles. The van der Waals surface area contributed by atoms with Gasteiger partial charge in [0.1, 0.15) is 0 Å². The molecule has 2 N–H and O–H groups in total. The Hall–Kier alpha value is -0.770. The normalized spacial score (nSPS) is 24.2. The van der Waals surface area contributed by atoms with E-state index >= 15 is 0 Å². The number of halogens is 2. The van der Waals surface area contributed by atoms with E-state index in [2.05, 4.69) is 10.6 Å². The molecule has 1 aliphatic heterocycles. The Morgan fingerprint density at radius 1 is 1.40 bits per heavy atom. The van der Waals surface area contributed by atoms with Gasteiger partial charge in [0.25, 0.3) is 0 Å². The Morgan fingerprint density at radius 3 is 2.75 bits per heavy atom. The second-order valence-electron chi connectivity index (χ2n) is 5.71. The number of piperidine rings is 1. The van der Waals surface area contributed by atoms with E-state index in [1.54, 1.807) is 12.1 Å². The molecule has 0 saturated carbocycles. The monoisotopic (exact) mass is 314 g/mol. The van der Waals surface area contributed by atoms with Crippen molar-refractivity contribution >= 4 is 29.1 Å². The van der Waals surface area contributed by atoms with E-state index < -0.39 is 0 Å². The molecular formula is C15H20Cl2N2O. The third kappa shape index (κ3) is 3.46. The van der Waals surface area contributed by atoms with Gasteiger partial charge in [0, 0.05) is 6.54 Å². The maximum Gasteiger partial charge on any atom is 0.227 e. The van der Waals surface area contributed by atoms with Crippen molar-refractivity contribution in [3.05, 3.63) is 33.8 Å². The van der Waals surface area contributed by atoms with Gasteiger partial charge >= 0.3 is 0 Å². The van der Waals surface area contributed by atoms with E-state index in [-0.39, 0.29) is 17.4 Å². The Balaban J connectivity index is 2.04. The lowest BCUT2D eigenvalue weighted by Crippen LogP contribution is -2.49. The number of carbonyl (C=O) groups excluding carboxylic acids is 1. The fraction of sp³-hybridized carbons (Fsp3) is 0.533. The molecule has 1 fully saturated rings. The molecule has 0 aliphatic carbocycles. The van der Waals surface area contributed by atoms with Crippen LogP contribution in [-0.4, -0.2) is 19.0 Å². The molecule has 1 heterocycles. The highest BCUT2D eigenvalue weighted by atomic mass is 35.5. The number of benzene rings is 1. The predicted octanol–water partition coefficient (Wildman–Crippen LogP) is 3.56. The number of nitrogens with one attached hydrogen (secondary N) is 2. The summed E-state index contributed by atoms with van der Waals surface area (Å²) in [7, 11) is 0. The first-order valence-corrected chi connectivity index (χ1v) is 7.64. The van der Waals surface area contributed by atoms with Gasteiger partial charge in [-0.2, -0.15) is 0 Å². The highest BCUT2D eigenvalue weighted by Crippen LogP contribution is 2.28. The average Bonchev–Trinajstić information content (AvgIpc) is 2.42. The smallest absolute Gasteiger partial charge is 0.227 e. The number of amides is 1. The zero-order chi connectivity index (χ0) is 14.8. The Labute approximate surface area is 130 Å². The molecule has 1 amide bonds. The molecule has 110 valence electrons. The van der Waals surface area contributed by atoms with E-state index in [4.69, 9.17) is 23.2 Å². The zero-order valence-corrected chi connectivity index (χ0v) is 13.3. The van der Waals surface area contributed by atoms with Gasteiger partial charge in [-0.25, -0.2) is 0 Å². The quantitative estimate of drug-likeness (QED) is 0.895. The molecule has 0 aromatic heterocycles. The molecule has 5 heteroatoms. The van der Waals surface area contributed by atoms with Crippen molar-refractivity contribution < 1.29 is 4.79 Å². The lowest BCUT2D eigenvalue weighted by Gasteiger charge is -2.33. The lowest BCUT2D eigenvalue weighted by molar-refractivity contribution is -0.131. The third-order valence-corrected chi connectivity index (χ3v) is 4.68. The van der Waals surface area contributed by atoms with Crippen LogP contribution in [-0.2, 0) is 4.79 Å². The van der Waals surface area contributed by atoms with Crippen LogP contribution >= 0.6 is 23.2 Å². The molecule has 2 unspecified atom stereocenters. The SMILES string of the molecule is CC(NC(=O)C1(C)CCCNC1)c1ccc(Cl)c(Cl)c1. The summed E-state index contributed by atoms with van der Waals surface area (Å²) in [5.41, 5.74) is 0.628. The average molecular weight is 315 g/mol. The van der Waals surface area contributed by atoms with Crippen molar-refractivity contribution in [3.63, 3.8) is 0 Å². The largest absolute Gasteiger partial charge is 0.349 e. The molecule has 1 saturated heterocycles. The van der Waals surface area contributed by atoms with Gasteiger partial charge < -0.3 is 10.6 Å². The van der Waals surface area contributed by atoms with Gasteiger partial charge in [-0.05, 0) is 50.9 Å². The molecule has 20 heavy (non-hydrogen) atoms. The lowest BCUT2D eigenvalue weighted by atomic mass is 9.81. The predicted molar refractivity (Wildman–Crippen MR) is 83.2 cm³/mol. The van der Waals surface area contributed by atoms with Crippen molar-refractivity contribution in [3.8, 4) is 0 Å². The highest BCUT2D eigenvalue weighted by molar-refractivity contribution is 6.42. The summed E-state index contributed by atoms with van der Waals surface area (Å²) in [5.74, 6) is 0.0864. The molecule has 0 bridgehead atoms. The molecule has 1 aromatic rings. The van der Waals surface area contributed by atoms with Gasteiger partial charge in [0.05, 0.1) is 21.5 Å². The first-order valence-electron chi connectivity index (χ1n) is 6.89. The maximum atomic E-state index is 12.4. The molecule has 0 radical (unpaired) electrons. The van der Waals surface area contributed by atoms with E-state index in [0.29, 0.717) is 10.0 Å². The van der Waals surface area contributed by atoms with Crippen LogP contribution in [0.1, 0.15) is 38.3 Å². The summed E-state index contributed by atoms with van der Waals surface area (Å²) < 4.78 is 0. The van der Waals surface area contributed by atoms with Crippen LogP contribution in [0.4, 0.5) is 0 Å². The minimum Gasteiger partial charge on any atom is -0.349 e. The fourth-order valence-corrected chi connectivity index (χ4v) is 2.79. The molecule has 2 rings (SSSR count). The third-order valence-electron chi connectivity index (χ3n) is 3.94. The first kappa shape index (κ1) is 15.6. The Kier molecular flexibility index (Phi) is 4.95. The van der Waals surface area contributed by atoms with Crippen molar-refractivity contribution in [2.75, 3.05) is 13.1 Å². The Bertz CT molecular complexity index is 499. The topological polar surface area (TPSA) is 41.1 Å². The second kappa shape index (κ2) is 6.33. The van der Waals surface area contributed by atoms with E-state index in [1.165, 1.54) is 0 Å². The van der Waals surface area contributed by atoms with Crippen LogP contribution in [0, 0.1) is 5.41 Å². The highest BCUT2D eigenvalue weighted by Gasteiger charge is 2.35. The van der Waals surface area contributed by atoms with E-state index in [9.17, 15) is 4.79 Å². The summed E-state index contributed by atoms with van der Waals surface area (Å²) in [5, 5.41) is 7.39. The molecule has 3 nitrogen and oxygen atoms in total. The zero-order valence-electron chi connectivity index (χ0n) is 11.8. The molecule has 2 atom stereocenters. The van der Waals surface area contributed by atoms with Crippen molar-refractivity contribution in [2.24, 2.45) is 5.41 Å². The van der Waals surface area contributed by atoms with Crippen molar-refractivity contribution in [1.82, 2.24) is 10.6 Å². The van der Waals surface area contributed by atoms with E-state index in [0.717, 1.165) is 31.5 Å². The van der Waals surface area contributed by atoms with Crippen LogP contribution in [0.5, 0.6) is 0 Å². The number of carbonyl (C=O) groups is 1. The number of rotatable bonds is 3. The summed E-state index contributed by atoms with van der Waals surface area (Å²) >= 11 is 11.9. The standard InChI is InChI=1S/C15H20Cl2N2O/c1-10(11-4-5-12(16)13(17)8-11)19-14(20)15(2)6-3-7-18-9-15/h4-5,8,10,18H,3,6-7,9H2,1-2H3,(H,19,20). The molecule has 1 aliphatic rings. The summed E-state index contributed by atoms with van der Waals surface area (Å²) in [4.78, 5) is 12.4. The molecule has 0 spiro atoms. The van der Waals surface area contributed by atoms with Gasteiger partial charge in [-0.15, -0.1) is 0 Å². The number of hydrogen-bond donors (Lipinski definition) is 2. The maximum absolute atomic E-state index is 12.4. The van der Waals surface area contributed by atoms with Crippen molar-refractivity contribution in [2.45, 2.75) is 32.7 Å². The van der Waals surface area contributed by atoms with Crippen LogP contribution in [0.15, 0.2) is 18.2 Å². The summed E-state index contributed by atoms with van der Waals surface area (Å²) in [6, 6.07) is 5.36. The van der Waals surface area contributed by atoms with Gasteiger partial charge in [-0.3, -0.25) is 4.79 Å². The van der Waals surface area contributed by atoms with E-state index in [1.807, 2.05) is 19.9 Å². The van der Waals surface area contributed by atoms with Gasteiger partial charge in [0.15, 0.2) is 0 Å². The van der Waals surface area contributed by atoms with Crippen LogP contribution < -0.4 is 10.6 Å². The van der Waals surface area contributed by atoms with Crippen molar-refractivity contribution in [1.29, 1.82) is 0 Å². The minimum absolute atomic E-state index is 0.0864. The van der Waals surface area contributed by atoms with Crippen LogP contribution in [0.2, 0.25) is 10.0 Å². The summed E-state index contributed by atoms with van der Waals surface area (Å²) in [6.07, 6.45) is 1.95. The first-order chi connectivity index (χ1) is 9.42. The van der Waals surface area contributed by atoms with Crippen LogP contribution in [0.3, 0.4) is 0 Å². The van der Waals surface area contributed by atoms with Gasteiger partial charge in [-0.1, -0.05) is 29.3 Å². The minimum atomic E-state index is -0.331.